The van der Waals surface area contributed by atoms with E-state index >= 15 is 0 Å². The number of halogens is 3. The fourth-order valence-corrected chi connectivity index (χ4v) is 1.33. The van der Waals surface area contributed by atoms with Crippen molar-refractivity contribution < 1.29 is 18.0 Å². The Morgan fingerprint density at radius 2 is 2.00 bits per heavy atom. The second-order valence-corrected chi connectivity index (χ2v) is 4.14. The molecule has 0 aliphatic heterocycles. The first-order chi connectivity index (χ1) is 8.30. The van der Waals surface area contributed by atoms with Gasteiger partial charge in [0.25, 0.3) is 5.91 Å². The van der Waals surface area contributed by atoms with Gasteiger partial charge in [-0.3, -0.25) is 4.79 Å². The largest absolute Gasteiger partial charge is 0.416 e. The molecule has 1 aromatic carbocycles. The van der Waals surface area contributed by atoms with E-state index in [1.54, 1.807) is 0 Å². The molecule has 0 unspecified atom stereocenters. The van der Waals surface area contributed by atoms with Crippen LogP contribution >= 0.6 is 0 Å². The lowest BCUT2D eigenvalue weighted by Gasteiger charge is -2.11. The molecule has 1 amide bonds. The van der Waals surface area contributed by atoms with Gasteiger partial charge in [0.1, 0.15) is 0 Å². The van der Waals surface area contributed by atoms with Gasteiger partial charge in [0.15, 0.2) is 0 Å². The highest BCUT2D eigenvalue weighted by Crippen LogP contribution is 2.29. The minimum atomic E-state index is -4.43. The number of carbonyl (C=O) groups excluding carboxylic acids is 1. The van der Waals surface area contributed by atoms with Crippen LogP contribution in [0.3, 0.4) is 0 Å². The van der Waals surface area contributed by atoms with E-state index in [0.29, 0.717) is 13.1 Å². The van der Waals surface area contributed by atoms with Crippen molar-refractivity contribution in [1.29, 1.82) is 0 Å². The van der Waals surface area contributed by atoms with Crippen LogP contribution in [0.15, 0.2) is 24.3 Å². The highest BCUT2D eigenvalue weighted by Gasteiger charge is 2.30. The van der Waals surface area contributed by atoms with Crippen LogP contribution in [0.1, 0.15) is 15.9 Å². The fourth-order valence-electron chi connectivity index (χ4n) is 1.33. The molecule has 1 N–H and O–H groups in total. The van der Waals surface area contributed by atoms with E-state index in [-0.39, 0.29) is 5.56 Å². The Kier molecular flexibility index (Phi) is 4.72. The zero-order valence-electron chi connectivity index (χ0n) is 10.2. The van der Waals surface area contributed by atoms with E-state index < -0.39 is 17.6 Å². The van der Waals surface area contributed by atoms with Crippen LogP contribution in [0.2, 0.25) is 0 Å². The first-order valence-corrected chi connectivity index (χ1v) is 5.41. The van der Waals surface area contributed by atoms with Crippen LogP contribution in [0.25, 0.3) is 0 Å². The minimum Gasteiger partial charge on any atom is -0.351 e. The van der Waals surface area contributed by atoms with Crippen LogP contribution in [-0.4, -0.2) is 38.0 Å². The van der Waals surface area contributed by atoms with Crippen LogP contribution in [0.5, 0.6) is 0 Å². The highest BCUT2D eigenvalue weighted by molar-refractivity contribution is 5.94. The van der Waals surface area contributed by atoms with Crippen molar-refractivity contribution in [3.05, 3.63) is 35.4 Å². The van der Waals surface area contributed by atoms with Crippen molar-refractivity contribution in [2.75, 3.05) is 27.2 Å². The second kappa shape index (κ2) is 5.86. The quantitative estimate of drug-likeness (QED) is 0.898. The summed E-state index contributed by atoms with van der Waals surface area (Å²) in [5, 5.41) is 2.56. The third-order valence-corrected chi connectivity index (χ3v) is 2.30. The molecule has 0 fully saturated rings. The molecule has 0 atom stereocenters. The molecule has 0 heterocycles. The lowest BCUT2D eigenvalue weighted by atomic mass is 10.1. The average Bonchev–Trinajstić information content (AvgIpc) is 2.27. The minimum absolute atomic E-state index is 0.0172. The van der Waals surface area contributed by atoms with E-state index in [1.165, 1.54) is 12.1 Å². The van der Waals surface area contributed by atoms with Gasteiger partial charge in [-0.05, 0) is 32.3 Å². The number of benzene rings is 1. The Bertz CT molecular complexity index is 416. The summed E-state index contributed by atoms with van der Waals surface area (Å²) in [6.45, 7) is 1.02. The summed E-state index contributed by atoms with van der Waals surface area (Å²) in [5.41, 5.74) is -0.800. The van der Waals surface area contributed by atoms with Gasteiger partial charge in [0.05, 0.1) is 5.56 Å². The van der Waals surface area contributed by atoms with E-state index in [9.17, 15) is 18.0 Å². The van der Waals surface area contributed by atoms with Crippen molar-refractivity contribution >= 4 is 5.91 Å². The second-order valence-electron chi connectivity index (χ2n) is 4.14. The number of nitrogens with zero attached hydrogens (tertiary/aromatic N) is 1. The molecule has 0 aliphatic carbocycles. The van der Waals surface area contributed by atoms with Gasteiger partial charge in [-0.1, -0.05) is 6.07 Å². The summed E-state index contributed by atoms with van der Waals surface area (Å²) in [7, 11) is 3.69. The summed E-state index contributed by atoms with van der Waals surface area (Å²) in [6.07, 6.45) is -4.43. The molecule has 6 heteroatoms. The Morgan fingerprint density at radius 3 is 2.56 bits per heavy atom. The van der Waals surface area contributed by atoms with Gasteiger partial charge in [0.2, 0.25) is 0 Å². The van der Waals surface area contributed by atoms with E-state index in [2.05, 4.69) is 5.32 Å². The van der Waals surface area contributed by atoms with Gasteiger partial charge in [-0.2, -0.15) is 13.2 Å². The molecule has 1 rings (SSSR count). The number of amides is 1. The number of hydrogen-bond acceptors (Lipinski definition) is 2. The first-order valence-electron chi connectivity index (χ1n) is 5.41. The monoisotopic (exact) mass is 260 g/mol. The van der Waals surface area contributed by atoms with Crippen LogP contribution in [0.4, 0.5) is 13.2 Å². The molecule has 0 bridgehead atoms. The number of hydrogen-bond donors (Lipinski definition) is 1. The molecule has 100 valence electrons. The maximum absolute atomic E-state index is 12.5. The molecule has 0 saturated heterocycles. The molecule has 0 saturated carbocycles. The zero-order valence-corrected chi connectivity index (χ0v) is 10.2. The van der Waals surface area contributed by atoms with Gasteiger partial charge in [-0.25, -0.2) is 0 Å². The highest BCUT2D eigenvalue weighted by atomic mass is 19.4. The summed E-state index contributed by atoms with van der Waals surface area (Å²) in [4.78, 5) is 13.5. The van der Waals surface area contributed by atoms with Crippen LogP contribution in [0, 0.1) is 0 Å². The molecule has 3 nitrogen and oxygen atoms in total. The molecule has 1 aromatic rings. The van der Waals surface area contributed by atoms with Gasteiger partial charge < -0.3 is 10.2 Å². The third kappa shape index (κ3) is 4.37. The molecule has 0 spiro atoms. The first kappa shape index (κ1) is 14.5. The van der Waals surface area contributed by atoms with Gasteiger partial charge in [-0.15, -0.1) is 0 Å². The van der Waals surface area contributed by atoms with E-state index in [0.717, 1.165) is 12.1 Å². The summed E-state index contributed by atoms with van der Waals surface area (Å²) in [5.74, 6) is -0.497. The number of nitrogens with one attached hydrogen (secondary N) is 1. The maximum atomic E-state index is 12.5. The topological polar surface area (TPSA) is 32.3 Å². The molecular formula is C12H15F3N2O. The predicted octanol–water partition coefficient (Wildman–Crippen LogP) is 2.00. The van der Waals surface area contributed by atoms with Crippen LogP contribution < -0.4 is 5.32 Å². The van der Waals surface area contributed by atoms with Crippen molar-refractivity contribution in [3.8, 4) is 0 Å². The Hall–Kier alpha value is -1.56. The summed E-state index contributed by atoms with van der Waals surface area (Å²) >= 11 is 0. The molecule has 0 aliphatic rings. The predicted molar refractivity (Wildman–Crippen MR) is 62.3 cm³/mol. The molecule has 0 radical (unpaired) electrons. The summed E-state index contributed by atoms with van der Waals surface area (Å²) < 4.78 is 37.4. The van der Waals surface area contributed by atoms with Crippen molar-refractivity contribution in [1.82, 2.24) is 10.2 Å². The third-order valence-electron chi connectivity index (χ3n) is 2.30. The lowest BCUT2D eigenvalue weighted by molar-refractivity contribution is -0.137. The SMILES string of the molecule is CN(C)CCNC(=O)c1cccc(C(F)(F)F)c1. The zero-order chi connectivity index (χ0) is 13.8. The number of alkyl halides is 3. The Labute approximate surface area is 104 Å². The maximum Gasteiger partial charge on any atom is 0.416 e. The molecular weight excluding hydrogens is 245 g/mol. The Balaban J connectivity index is 2.69. The standard InChI is InChI=1S/C12H15F3N2O/c1-17(2)7-6-16-11(18)9-4-3-5-10(8-9)12(13,14)15/h3-5,8H,6-7H2,1-2H3,(H,16,18). The fraction of sp³-hybridized carbons (Fsp3) is 0.417. The smallest absolute Gasteiger partial charge is 0.351 e. The van der Waals surface area contributed by atoms with E-state index in [1.807, 2.05) is 19.0 Å². The average molecular weight is 260 g/mol. The van der Waals surface area contributed by atoms with E-state index in [4.69, 9.17) is 0 Å². The van der Waals surface area contributed by atoms with Crippen LogP contribution in [-0.2, 0) is 6.18 Å². The summed E-state index contributed by atoms with van der Waals surface area (Å²) in [6, 6.07) is 4.38. The van der Waals surface area contributed by atoms with Crippen molar-refractivity contribution in [2.24, 2.45) is 0 Å². The number of likely N-dealkylation sites (N-methyl/N-ethyl adjacent to an activating group) is 1. The number of carbonyl (C=O) groups is 1. The van der Waals surface area contributed by atoms with Gasteiger partial charge in [0, 0.05) is 18.7 Å². The molecule has 18 heavy (non-hydrogen) atoms. The number of rotatable bonds is 4. The Morgan fingerprint density at radius 1 is 1.33 bits per heavy atom. The van der Waals surface area contributed by atoms with Crippen molar-refractivity contribution in [3.63, 3.8) is 0 Å². The van der Waals surface area contributed by atoms with Gasteiger partial charge >= 0.3 is 6.18 Å². The normalized spacial score (nSPS) is 11.7. The lowest BCUT2D eigenvalue weighted by Crippen LogP contribution is -2.31. The van der Waals surface area contributed by atoms with Crippen molar-refractivity contribution in [2.45, 2.75) is 6.18 Å². The molecule has 0 aromatic heterocycles.